The minimum absolute atomic E-state index is 0.0760. The molecule has 0 radical (unpaired) electrons. The molecule has 0 bridgehead atoms. The molecule has 0 atom stereocenters. The maximum absolute atomic E-state index is 12.8. The Morgan fingerprint density at radius 1 is 1.23 bits per heavy atom. The number of alkyl halides is 3. The third-order valence-corrected chi connectivity index (χ3v) is 5.87. The van der Waals surface area contributed by atoms with Crippen LogP contribution in [0.4, 0.5) is 18.9 Å². The topological polar surface area (TPSA) is 107 Å². The molecule has 0 saturated heterocycles. The zero-order valence-corrected chi connectivity index (χ0v) is 18.5. The quantitative estimate of drug-likeness (QED) is 0.510. The van der Waals surface area contributed by atoms with E-state index >= 15 is 0 Å². The normalized spacial score (nSPS) is 12.1. The van der Waals surface area contributed by atoms with E-state index < -0.39 is 32.6 Å². The van der Waals surface area contributed by atoms with Crippen molar-refractivity contribution in [2.75, 3.05) is 5.32 Å². The van der Waals surface area contributed by atoms with Crippen LogP contribution in [0.5, 0.6) is 0 Å². The predicted molar refractivity (Wildman–Crippen MR) is 111 cm³/mol. The minimum atomic E-state index is -4.65. The number of sulfonamides is 1. The van der Waals surface area contributed by atoms with Gasteiger partial charge in [0.15, 0.2) is 0 Å². The number of hydrogen-bond acceptors (Lipinski definition) is 4. The largest absolute Gasteiger partial charge is 0.419 e. The van der Waals surface area contributed by atoms with Gasteiger partial charge >= 0.3 is 6.18 Å². The van der Waals surface area contributed by atoms with Crippen LogP contribution in [0.25, 0.3) is 5.69 Å². The van der Waals surface area contributed by atoms with E-state index in [1.165, 1.54) is 12.1 Å². The van der Waals surface area contributed by atoms with E-state index in [1.807, 2.05) is 0 Å². The number of nitrogens with two attached hydrogens (primary N) is 1. The summed E-state index contributed by atoms with van der Waals surface area (Å²) in [5.41, 5.74) is -0.651. The van der Waals surface area contributed by atoms with Crippen molar-refractivity contribution in [2.45, 2.75) is 17.5 Å². The fourth-order valence-electron chi connectivity index (χ4n) is 2.67. The van der Waals surface area contributed by atoms with Gasteiger partial charge in [-0.15, -0.1) is 0 Å². The number of hydrogen-bond donors (Lipinski definition) is 2. The summed E-state index contributed by atoms with van der Waals surface area (Å²) in [5.74, 6) is -0.494. The molecule has 0 aliphatic heterocycles. The molecule has 3 rings (SSSR count). The van der Waals surface area contributed by atoms with Gasteiger partial charge < -0.3 is 5.32 Å². The van der Waals surface area contributed by atoms with Crippen molar-refractivity contribution in [1.29, 1.82) is 0 Å². The number of primary sulfonamides is 1. The van der Waals surface area contributed by atoms with E-state index in [0.29, 0.717) is 23.0 Å². The lowest BCUT2D eigenvalue weighted by Gasteiger charge is -2.12. The smallest absolute Gasteiger partial charge is 0.326 e. The number of nitrogens with one attached hydrogen (secondary N) is 1. The Morgan fingerprint density at radius 2 is 1.94 bits per heavy atom. The first-order chi connectivity index (χ1) is 14.3. The Balaban J connectivity index is 1.91. The first-order valence-corrected chi connectivity index (χ1v) is 11.1. The van der Waals surface area contributed by atoms with Gasteiger partial charge in [-0.2, -0.15) is 18.3 Å². The number of rotatable bonds is 5. The first-order valence-electron chi connectivity index (χ1n) is 8.37. The summed E-state index contributed by atoms with van der Waals surface area (Å²) in [7, 11) is -4.36. The van der Waals surface area contributed by atoms with E-state index in [-0.39, 0.29) is 17.8 Å². The number of carbonyl (C=O) groups excluding carboxylic acids is 1. The Bertz CT molecular complexity index is 1260. The van der Waals surface area contributed by atoms with E-state index in [1.54, 1.807) is 18.2 Å². The van der Waals surface area contributed by atoms with Crippen LogP contribution in [0.2, 0.25) is 5.02 Å². The molecule has 1 heterocycles. The predicted octanol–water partition coefficient (Wildman–Crippen LogP) is 4.14. The summed E-state index contributed by atoms with van der Waals surface area (Å²) in [6.45, 7) is 0. The highest BCUT2D eigenvalue weighted by atomic mass is 79.9. The number of nitrogens with zero attached hydrogens (tertiary/aromatic N) is 2. The van der Waals surface area contributed by atoms with Crippen LogP contribution in [0.1, 0.15) is 11.1 Å². The summed E-state index contributed by atoms with van der Waals surface area (Å²) < 4.78 is 64.0. The third-order valence-electron chi connectivity index (χ3n) is 4.07. The van der Waals surface area contributed by atoms with Crippen molar-refractivity contribution in [3.05, 3.63) is 69.4 Å². The van der Waals surface area contributed by atoms with E-state index in [9.17, 15) is 26.4 Å². The van der Waals surface area contributed by atoms with Gasteiger partial charge in [0.2, 0.25) is 15.9 Å². The molecule has 164 valence electrons. The molecule has 1 aromatic heterocycles. The average Bonchev–Trinajstić information content (AvgIpc) is 3.14. The molecule has 13 heteroatoms. The van der Waals surface area contributed by atoms with Crippen LogP contribution < -0.4 is 10.5 Å². The van der Waals surface area contributed by atoms with Gasteiger partial charge in [0, 0.05) is 21.4 Å². The standard InChI is InChI=1S/C18H13BrClF3N4O3S/c19-12-1-3-14(20)10(5-12)6-17(28)26-13-2-4-15(16(7-13)31(24,29)30)27-9-11(8-25-27)18(21,22)23/h1-5,7-9H,6H2,(H,26,28)(H2,24,29,30). The summed E-state index contributed by atoms with van der Waals surface area (Å²) in [5, 5.41) is 11.7. The molecule has 0 saturated carbocycles. The van der Waals surface area contributed by atoms with E-state index in [4.69, 9.17) is 16.7 Å². The van der Waals surface area contributed by atoms with Gasteiger partial charge in [-0.05, 0) is 42.0 Å². The summed E-state index contributed by atoms with van der Waals surface area (Å²) in [6, 6.07) is 8.53. The second-order valence-electron chi connectivity index (χ2n) is 6.36. The zero-order chi connectivity index (χ0) is 23.0. The molecule has 31 heavy (non-hydrogen) atoms. The maximum atomic E-state index is 12.8. The van der Waals surface area contributed by atoms with E-state index in [2.05, 4.69) is 26.3 Å². The van der Waals surface area contributed by atoms with Crippen LogP contribution >= 0.6 is 27.5 Å². The second-order valence-corrected chi connectivity index (χ2v) is 9.21. The number of aromatic nitrogens is 2. The highest BCUT2D eigenvalue weighted by Crippen LogP contribution is 2.30. The molecule has 2 aromatic carbocycles. The lowest BCUT2D eigenvalue weighted by molar-refractivity contribution is -0.137. The van der Waals surface area contributed by atoms with Crippen LogP contribution in [0.3, 0.4) is 0 Å². The molecule has 0 aliphatic rings. The van der Waals surface area contributed by atoms with Gasteiger partial charge in [-0.1, -0.05) is 27.5 Å². The zero-order valence-electron chi connectivity index (χ0n) is 15.3. The Kier molecular flexibility index (Phi) is 6.46. The van der Waals surface area contributed by atoms with Gasteiger partial charge in [0.1, 0.15) is 4.90 Å². The molecular formula is C18H13BrClF3N4O3S. The van der Waals surface area contributed by atoms with Crippen molar-refractivity contribution in [3.63, 3.8) is 0 Å². The molecule has 7 nitrogen and oxygen atoms in total. The highest BCUT2D eigenvalue weighted by Gasteiger charge is 2.32. The number of carbonyl (C=O) groups is 1. The van der Waals surface area contributed by atoms with Gasteiger partial charge in [0.05, 0.1) is 23.9 Å². The fraction of sp³-hybridized carbons (Fsp3) is 0.111. The SMILES string of the molecule is NS(=O)(=O)c1cc(NC(=O)Cc2cc(Br)ccc2Cl)ccc1-n1cc(C(F)(F)F)cn1. The third kappa shape index (κ3) is 5.64. The second kappa shape index (κ2) is 8.61. The monoisotopic (exact) mass is 536 g/mol. The minimum Gasteiger partial charge on any atom is -0.326 e. The molecule has 1 amide bonds. The first kappa shape index (κ1) is 23.3. The fourth-order valence-corrected chi connectivity index (χ4v) is 4.00. The highest BCUT2D eigenvalue weighted by molar-refractivity contribution is 9.10. The number of anilines is 1. The summed E-state index contributed by atoms with van der Waals surface area (Å²) in [6.07, 6.45) is -3.55. The Hall–Kier alpha value is -2.41. The summed E-state index contributed by atoms with van der Waals surface area (Å²) in [4.78, 5) is 11.9. The maximum Gasteiger partial charge on any atom is 0.419 e. The van der Waals surface area contributed by atoms with Crippen LogP contribution in [0.15, 0.2) is 58.2 Å². The van der Waals surface area contributed by atoms with Crippen molar-refractivity contribution in [1.82, 2.24) is 9.78 Å². The van der Waals surface area contributed by atoms with Gasteiger partial charge in [-0.3, -0.25) is 4.79 Å². The van der Waals surface area contributed by atoms with Crippen LogP contribution in [-0.4, -0.2) is 24.1 Å². The van der Waals surface area contributed by atoms with Crippen molar-refractivity contribution >= 4 is 49.1 Å². The number of benzene rings is 2. The average molecular weight is 538 g/mol. The van der Waals surface area contributed by atoms with Gasteiger partial charge in [0.25, 0.3) is 0 Å². The summed E-state index contributed by atoms with van der Waals surface area (Å²) >= 11 is 9.34. The van der Waals surface area contributed by atoms with Crippen molar-refractivity contribution in [2.24, 2.45) is 5.14 Å². The molecule has 0 spiro atoms. The lowest BCUT2D eigenvalue weighted by atomic mass is 10.1. The van der Waals surface area contributed by atoms with Gasteiger partial charge in [-0.25, -0.2) is 18.2 Å². The number of amides is 1. The van der Waals surface area contributed by atoms with Crippen molar-refractivity contribution < 1.29 is 26.4 Å². The molecule has 3 aromatic rings. The van der Waals surface area contributed by atoms with Crippen LogP contribution in [-0.2, 0) is 27.4 Å². The molecule has 3 N–H and O–H groups in total. The number of halogens is 5. The molecule has 0 unspecified atom stereocenters. The van der Waals surface area contributed by atoms with Crippen LogP contribution in [0, 0.1) is 0 Å². The van der Waals surface area contributed by atoms with E-state index in [0.717, 1.165) is 15.2 Å². The van der Waals surface area contributed by atoms with Crippen molar-refractivity contribution in [3.8, 4) is 5.69 Å². The molecule has 0 aliphatic carbocycles. The lowest BCUT2D eigenvalue weighted by Crippen LogP contribution is -2.18. The molecule has 0 fully saturated rings. The Labute approximate surface area is 188 Å². The molecular weight excluding hydrogens is 525 g/mol. The Morgan fingerprint density at radius 3 is 2.55 bits per heavy atom.